The van der Waals surface area contributed by atoms with Crippen LogP contribution in [0.1, 0.15) is 30.3 Å². The summed E-state index contributed by atoms with van der Waals surface area (Å²) in [6, 6.07) is 26.5. The summed E-state index contributed by atoms with van der Waals surface area (Å²) in [7, 11) is 0. The van der Waals surface area contributed by atoms with Gasteiger partial charge in [0.05, 0.1) is 21.9 Å². The smallest absolute Gasteiger partial charge is 0.137 e. The minimum Gasteiger partial charge on any atom is -0.493 e. The van der Waals surface area contributed by atoms with E-state index in [1.165, 1.54) is 16.9 Å². The fraction of sp³-hybridized carbons (Fsp3) is 0.185. The maximum Gasteiger partial charge on any atom is 0.137 e. The lowest BCUT2D eigenvalue weighted by Gasteiger charge is -2.14. The van der Waals surface area contributed by atoms with Gasteiger partial charge in [-0.05, 0) is 60.0 Å². The van der Waals surface area contributed by atoms with E-state index in [0.29, 0.717) is 28.9 Å². The van der Waals surface area contributed by atoms with E-state index < -0.39 is 0 Å². The highest BCUT2D eigenvalue weighted by atomic mass is 79.9. The van der Waals surface area contributed by atoms with E-state index in [4.69, 9.17) is 9.72 Å². The Kier molecular flexibility index (Phi) is 8.28. The van der Waals surface area contributed by atoms with Crippen LogP contribution in [0.3, 0.4) is 0 Å². The van der Waals surface area contributed by atoms with Crippen LogP contribution in [0.5, 0.6) is 5.75 Å². The first kappa shape index (κ1) is 24.3. The molecule has 7 heteroatoms. The Morgan fingerprint density at radius 1 is 1.09 bits per heavy atom. The molecule has 0 amide bonds. The van der Waals surface area contributed by atoms with Crippen molar-refractivity contribution in [3.8, 4) is 11.8 Å². The Morgan fingerprint density at radius 2 is 1.82 bits per heavy atom. The number of anilines is 1. The van der Waals surface area contributed by atoms with Crippen molar-refractivity contribution < 1.29 is 4.74 Å². The van der Waals surface area contributed by atoms with E-state index in [1.807, 2.05) is 48.5 Å². The van der Waals surface area contributed by atoms with E-state index in [0.717, 1.165) is 31.2 Å². The number of hydrogen-bond donors (Lipinski definition) is 1. The molecule has 0 aliphatic rings. The Morgan fingerprint density at radius 3 is 2.50 bits per heavy atom. The first-order valence-electron chi connectivity index (χ1n) is 10.9. The van der Waals surface area contributed by atoms with Gasteiger partial charge in [0.1, 0.15) is 22.4 Å². The van der Waals surface area contributed by atoms with Gasteiger partial charge in [0.15, 0.2) is 0 Å². The molecule has 4 aromatic rings. The zero-order chi connectivity index (χ0) is 23.9. The fourth-order valence-corrected chi connectivity index (χ4v) is 5.41. The Labute approximate surface area is 216 Å². The maximum atomic E-state index is 10.1. The summed E-state index contributed by atoms with van der Waals surface area (Å²) in [6.45, 7) is 4.87. The number of thioether (sulfide) groups is 1. The third kappa shape index (κ3) is 6.20. The predicted molar refractivity (Wildman–Crippen MR) is 148 cm³/mol. The summed E-state index contributed by atoms with van der Waals surface area (Å²) in [4.78, 5) is 4.72. The number of rotatable bonds is 9. The van der Waals surface area contributed by atoms with Crippen molar-refractivity contribution in [2.24, 2.45) is 0 Å². The summed E-state index contributed by atoms with van der Waals surface area (Å²) >= 11 is 6.54. The van der Waals surface area contributed by atoms with Gasteiger partial charge in [-0.2, -0.15) is 5.26 Å². The van der Waals surface area contributed by atoms with Crippen LogP contribution in [0.25, 0.3) is 15.8 Å². The molecule has 0 aliphatic carbocycles. The molecule has 0 saturated carbocycles. The second-order valence-corrected chi connectivity index (χ2v) is 10.9. The highest BCUT2D eigenvalue weighted by Gasteiger charge is 2.16. The number of benzene rings is 3. The molecule has 0 fully saturated rings. The molecule has 0 radical (unpaired) electrons. The summed E-state index contributed by atoms with van der Waals surface area (Å²) in [5, 5.41) is 15.1. The minimum atomic E-state index is 0.464. The number of allylic oxidation sites excluding steroid dienone is 1. The fourth-order valence-electron chi connectivity index (χ4n) is 3.26. The Bertz CT molecular complexity index is 1290. The standard InChI is InChI=1S/C27H24BrN3OS2/c1-18(2)19-7-11-21(12-8-19)30-26(33-16-15-32-22-13-9-20(28)10-14-22)23(17-29)27-31-24-5-3-4-6-25(24)34-27/h3-14,18,30H,15-16H2,1-2H3. The topological polar surface area (TPSA) is 57.9 Å². The number of hydrogen-bond acceptors (Lipinski definition) is 6. The van der Waals surface area contributed by atoms with Crippen LogP contribution in [0.2, 0.25) is 0 Å². The van der Waals surface area contributed by atoms with Crippen molar-refractivity contribution in [3.63, 3.8) is 0 Å². The number of halogens is 1. The lowest BCUT2D eigenvalue weighted by Crippen LogP contribution is -2.05. The molecule has 3 aromatic carbocycles. The van der Waals surface area contributed by atoms with Crippen molar-refractivity contribution in [2.75, 3.05) is 17.7 Å². The highest BCUT2D eigenvalue weighted by Crippen LogP contribution is 2.33. The van der Waals surface area contributed by atoms with Crippen molar-refractivity contribution in [1.29, 1.82) is 5.26 Å². The van der Waals surface area contributed by atoms with Crippen molar-refractivity contribution in [1.82, 2.24) is 4.98 Å². The summed E-state index contributed by atoms with van der Waals surface area (Å²) < 4.78 is 7.96. The number of nitriles is 1. The monoisotopic (exact) mass is 549 g/mol. The largest absolute Gasteiger partial charge is 0.493 e. The predicted octanol–water partition coefficient (Wildman–Crippen LogP) is 8.30. The van der Waals surface area contributed by atoms with Crippen molar-refractivity contribution in [2.45, 2.75) is 19.8 Å². The van der Waals surface area contributed by atoms with E-state index >= 15 is 0 Å². The van der Waals surface area contributed by atoms with Crippen LogP contribution in [-0.2, 0) is 0 Å². The average Bonchev–Trinajstić information content (AvgIpc) is 3.27. The molecule has 4 nitrogen and oxygen atoms in total. The normalized spacial score (nSPS) is 11.9. The van der Waals surface area contributed by atoms with Crippen LogP contribution in [0, 0.1) is 11.3 Å². The number of fused-ring (bicyclic) bond motifs is 1. The van der Waals surface area contributed by atoms with Gasteiger partial charge in [0, 0.05) is 15.9 Å². The van der Waals surface area contributed by atoms with Gasteiger partial charge in [-0.25, -0.2) is 4.98 Å². The lowest BCUT2D eigenvalue weighted by molar-refractivity contribution is 0.344. The molecule has 4 rings (SSSR count). The molecule has 1 N–H and O–H groups in total. The molecule has 34 heavy (non-hydrogen) atoms. The van der Waals surface area contributed by atoms with Gasteiger partial charge in [0.2, 0.25) is 0 Å². The molecule has 0 spiro atoms. The molecule has 172 valence electrons. The molecule has 0 bridgehead atoms. The van der Waals surface area contributed by atoms with Crippen molar-refractivity contribution >= 4 is 60.5 Å². The molecular formula is C27H24BrN3OS2. The van der Waals surface area contributed by atoms with Crippen LogP contribution in [-0.4, -0.2) is 17.3 Å². The van der Waals surface area contributed by atoms with E-state index in [-0.39, 0.29) is 0 Å². The van der Waals surface area contributed by atoms with Gasteiger partial charge in [0.25, 0.3) is 0 Å². The van der Waals surface area contributed by atoms with E-state index in [9.17, 15) is 5.26 Å². The summed E-state index contributed by atoms with van der Waals surface area (Å²) in [5.74, 6) is 1.96. The number of nitrogens with zero attached hydrogens (tertiary/aromatic N) is 2. The minimum absolute atomic E-state index is 0.464. The number of ether oxygens (including phenoxy) is 1. The summed E-state index contributed by atoms with van der Waals surface area (Å²) in [6.07, 6.45) is 0. The van der Waals surface area contributed by atoms with Crippen LogP contribution in [0.15, 0.2) is 82.3 Å². The van der Waals surface area contributed by atoms with Gasteiger partial charge in [-0.1, -0.05) is 54.0 Å². The molecule has 0 saturated heterocycles. The number of nitrogens with one attached hydrogen (secondary N) is 1. The van der Waals surface area contributed by atoms with E-state index in [1.54, 1.807) is 11.8 Å². The zero-order valence-corrected chi connectivity index (χ0v) is 22.1. The lowest BCUT2D eigenvalue weighted by atomic mass is 10.0. The van der Waals surface area contributed by atoms with E-state index in [2.05, 4.69) is 65.4 Å². The van der Waals surface area contributed by atoms with Gasteiger partial charge in [-0.3, -0.25) is 0 Å². The van der Waals surface area contributed by atoms with Crippen LogP contribution >= 0.6 is 39.0 Å². The number of aromatic nitrogens is 1. The Balaban J connectivity index is 1.57. The average molecular weight is 551 g/mol. The maximum absolute atomic E-state index is 10.1. The first-order chi connectivity index (χ1) is 16.5. The second-order valence-electron chi connectivity index (χ2n) is 7.86. The first-order valence-corrected chi connectivity index (χ1v) is 13.5. The molecule has 0 atom stereocenters. The quantitative estimate of drug-likeness (QED) is 0.168. The van der Waals surface area contributed by atoms with Crippen molar-refractivity contribution in [3.05, 3.63) is 92.9 Å². The SMILES string of the molecule is CC(C)c1ccc(NC(SCCOc2ccc(Br)cc2)=C(C#N)c2nc3ccccc3s2)cc1. The molecule has 1 aromatic heterocycles. The number of para-hydroxylation sites is 1. The molecular weight excluding hydrogens is 526 g/mol. The molecule has 0 aliphatic heterocycles. The van der Waals surface area contributed by atoms with Gasteiger partial charge >= 0.3 is 0 Å². The molecule has 0 unspecified atom stereocenters. The van der Waals surface area contributed by atoms with Gasteiger partial charge < -0.3 is 10.1 Å². The van der Waals surface area contributed by atoms with Crippen LogP contribution in [0.4, 0.5) is 5.69 Å². The van der Waals surface area contributed by atoms with Crippen LogP contribution < -0.4 is 10.1 Å². The third-order valence-corrected chi connectivity index (χ3v) is 7.64. The highest BCUT2D eigenvalue weighted by molar-refractivity contribution is 9.10. The molecule has 1 heterocycles. The summed E-state index contributed by atoms with van der Waals surface area (Å²) in [5.41, 5.74) is 3.66. The number of thiazole rings is 1. The third-order valence-electron chi connectivity index (χ3n) is 5.09. The zero-order valence-electron chi connectivity index (χ0n) is 18.9. The second kappa shape index (κ2) is 11.6. The Hall–Kier alpha value is -2.79. The van der Waals surface area contributed by atoms with Gasteiger partial charge in [-0.15, -0.1) is 23.1 Å².